The zero-order valence-electron chi connectivity index (χ0n) is 11.2. The maximum atomic E-state index is 9.16. The molecule has 0 aliphatic rings. The Hall–Kier alpha value is -2.38. The molecule has 4 heteroatoms. The molecule has 0 radical (unpaired) electrons. The lowest BCUT2D eigenvalue weighted by molar-refractivity contribution is 1.15. The van der Waals surface area contributed by atoms with Gasteiger partial charge in [0.05, 0.1) is 16.8 Å². The lowest BCUT2D eigenvalue weighted by Gasteiger charge is -2.09. The van der Waals surface area contributed by atoms with Crippen LogP contribution in [-0.2, 0) is 6.54 Å². The van der Waals surface area contributed by atoms with E-state index in [9.17, 15) is 0 Å². The monoisotopic (exact) mass is 337 g/mol. The lowest BCUT2D eigenvalue weighted by Crippen LogP contribution is -2.01. The Morgan fingerprint density at radius 2 is 2.05 bits per heavy atom. The molecule has 0 aliphatic heterocycles. The van der Waals surface area contributed by atoms with Crippen molar-refractivity contribution >= 4 is 32.5 Å². The fourth-order valence-corrected chi connectivity index (χ4v) is 2.56. The molecule has 0 spiro atoms. The quantitative estimate of drug-likeness (QED) is 0.766. The number of rotatable bonds is 3. The molecule has 3 rings (SSSR count). The van der Waals surface area contributed by atoms with Crippen molar-refractivity contribution in [3.63, 3.8) is 0 Å². The van der Waals surface area contributed by atoms with Gasteiger partial charge in [0, 0.05) is 22.6 Å². The number of halogens is 1. The van der Waals surface area contributed by atoms with Gasteiger partial charge < -0.3 is 5.32 Å². The summed E-state index contributed by atoms with van der Waals surface area (Å²) >= 11 is 3.37. The van der Waals surface area contributed by atoms with Crippen LogP contribution in [0, 0.1) is 11.3 Å². The molecule has 0 fully saturated rings. The Kier molecular flexibility index (Phi) is 3.85. The number of hydrogen-bond donors (Lipinski definition) is 1. The summed E-state index contributed by atoms with van der Waals surface area (Å²) in [5, 5.41) is 13.6. The fourth-order valence-electron chi connectivity index (χ4n) is 2.20. The zero-order valence-corrected chi connectivity index (χ0v) is 12.8. The molecule has 1 aromatic heterocycles. The van der Waals surface area contributed by atoms with Gasteiger partial charge in [-0.25, -0.2) is 0 Å². The van der Waals surface area contributed by atoms with E-state index in [2.05, 4.69) is 38.4 Å². The van der Waals surface area contributed by atoms with Crippen molar-refractivity contribution in [3.05, 3.63) is 70.3 Å². The van der Waals surface area contributed by atoms with Crippen molar-refractivity contribution in [2.24, 2.45) is 0 Å². The minimum atomic E-state index is 0.631. The van der Waals surface area contributed by atoms with E-state index in [1.165, 1.54) is 0 Å². The fraction of sp³-hybridized carbons (Fsp3) is 0.0588. The van der Waals surface area contributed by atoms with Crippen LogP contribution in [0.3, 0.4) is 0 Å². The van der Waals surface area contributed by atoms with Gasteiger partial charge in [-0.05, 0) is 42.0 Å². The number of aromatic nitrogens is 1. The van der Waals surface area contributed by atoms with Gasteiger partial charge in [-0.2, -0.15) is 5.26 Å². The third-order valence-electron chi connectivity index (χ3n) is 3.25. The SMILES string of the molecule is N#Cc1cc(Br)ccc1NCc1ccc2ncccc2c1. The van der Waals surface area contributed by atoms with E-state index < -0.39 is 0 Å². The summed E-state index contributed by atoms with van der Waals surface area (Å²) in [5.41, 5.74) is 3.61. The number of hydrogen-bond acceptors (Lipinski definition) is 3. The number of fused-ring (bicyclic) bond motifs is 1. The average molecular weight is 338 g/mol. The molecule has 21 heavy (non-hydrogen) atoms. The highest BCUT2D eigenvalue weighted by Crippen LogP contribution is 2.21. The van der Waals surface area contributed by atoms with Crippen LogP contribution in [0.5, 0.6) is 0 Å². The number of pyridine rings is 1. The molecule has 0 saturated carbocycles. The van der Waals surface area contributed by atoms with E-state index in [1.807, 2.05) is 42.5 Å². The van der Waals surface area contributed by atoms with Crippen molar-refractivity contribution in [3.8, 4) is 6.07 Å². The van der Waals surface area contributed by atoms with Gasteiger partial charge >= 0.3 is 0 Å². The van der Waals surface area contributed by atoms with E-state index in [0.717, 1.165) is 26.6 Å². The van der Waals surface area contributed by atoms with E-state index in [1.54, 1.807) is 6.20 Å². The second-order valence-electron chi connectivity index (χ2n) is 4.69. The molecule has 0 aliphatic carbocycles. The zero-order chi connectivity index (χ0) is 14.7. The molecule has 3 aromatic rings. The number of nitrogens with one attached hydrogen (secondary N) is 1. The maximum absolute atomic E-state index is 9.16. The summed E-state index contributed by atoms with van der Waals surface area (Å²) < 4.78 is 0.904. The molecule has 1 heterocycles. The molecule has 0 atom stereocenters. The molecule has 2 aromatic carbocycles. The largest absolute Gasteiger partial charge is 0.380 e. The molecule has 1 N–H and O–H groups in total. The summed E-state index contributed by atoms with van der Waals surface area (Å²) in [6.45, 7) is 0.668. The Bertz CT molecular complexity index is 837. The van der Waals surface area contributed by atoms with Crippen molar-refractivity contribution in [1.29, 1.82) is 5.26 Å². The number of anilines is 1. The molecule has 3 nitrogen and oxygen atoms in total. The van der Waals surface area contributed by atoms with Crippen LogP contribution in [0.4, 0.5) is 5.69 Å². The molecule has 0 amide bonds. The first-order valence-electron chi connectivity index (χ1n) is 6.53. The van der Waals surface area contributed by atoms with Crippen LogP contribution in [-0.4, -0.2) is 4.98 Å². The van der Waals surface area contributed by atoms with Crippen LogP contribution in [0.2, 0.25) is 0 Å². The Morgan fingerprint density at radius 3 is 2.90 bits per heavy atom. The van der Waals surface area contributed by atoms with Crippen molar-refractivity contribution in [2.75, 3.05) is 5.32 Å². The minimum absolute atomic E-state index is 0.631. The first kappa shape index (κ1) is 13.6. The summed E-state index contributed by atoms with van der Waals surface area (Å²) in [6, 6.07) is 18.0. The smallest absolute Gasteiger partial charge is 0.101 e. The maximum Gasteiger partial charge on any atom is 0.101 e. The van der Waals surface area contributed by atoms with Crippen molar-refractivity contribution in [1.82, 2.24) is 4.98 Å². The first-order valence-corrected chi connectivity index (χ1v) is 7.33. The summed E-state index contributed by atoms with van der Waals surface area (Å²) in [4.78, 5) is 4.31. The highest BCUT2D eigenvalue weighted by molar-refractivity contribution is 9.10. The second kappa shape index (κ2) is 5.94. The van der Waals surface area contributed by atoms with Gasteiger partial charge in [0.2, 0.25) is 0 Å². The molecule has 102 valence electrons. The van der Waals surface area contributed by atoms with E-state index in [4.69, 9.17) is 5.26 Å². The predicted molar refractivity (Wildman–Crippen MR) is 87.9 cm³/mol. The molecule has 0 unspecified atom stereocenters. The number of nitrogens with zero attached hydrogens (tertiary/aromatic N) is 2. The van der Waals surface area contributed by atoms with Crippen molar-refractivity contribution in [2.45, 2.75) is 6.54 Å². The first-order chi connectivity index (χ1) is 10.3. The van der Waals surface area contributed by atoms with Crippen LogP contribution in [0.1, 0.15) is 11.1 Å². The summed E-state index contributed by atoms with van der Waals surface area (Å²) in [7, 11) is 0. The van der Waals surface area contributed by atoms with E-state index >= 15 is 0 Å². The van der Waals surface area contributed by atoms with E-state index in [-0.39, 0.29) is 0 Å². The highest BCUT2D eigenvalue weighted by Gasteiger charge is 2.03. The van der Waals surface area contributed by atoms with Crippen molar-refractivity contribution < 1.29 is 0 Å². The Labute approximate surface area is 131 Å². The van der Waals surface area contributed by atoms with Gasteiger partial charge in [-0.15, -0.1) is 0 Å². The van der Waals surface area contributed by atoms with Gasteiger partial charge in [0.1, 0.15) is 6.07 Å². The number of benzene rings is 2. The van der Waals surface area contributed by atoms with Crippen LogP contribution in [0.15, 0.2) is 59.2 Å². The summed E-state index contributed by atoms with van der Waals surface area (Å²) in [5.74, 6) is 0. The standard InChI is InChI=1S/C17H12BrN3/c18-15-4-6-17(14(9-15)10-19)21-11-12-3-5-16-13(8-12)2-1-7-20-16/h1-9,21H,11H2. The lowest BCUT2D eigenvalue weighted by atomic mass is 10.1. The minimum Gasteiger partial charge on any atom is -0.380 e. The topological polar surface area (TPSA) is 48.7 Å². The van der Waals surface area contributed by atoms with Gasteiger partial charge in [-0.3, -0.25) is 4.98 Å². The predicted octanol–water partition coefficient (Wildman–Crippen LogP) is 4.48. The normalized spacial score (nSPS) is 10.3. The molecule has 0 bridgehead atoms. The Morgan fingerprint density at radius 1 is 1.14 bits per heavy atom. The third kappa shape index (κ3) is 3.04. The van der Waals surface area contributed by atoms with E-state index in [0.29, 0.717) is 12.1 Å². The van der Waals surface area contributed by atoms with Crippen LogP contribution >= 0.6 is 15.9 Å². The summed E-state index contributed by atoms with van der Waals surface area (Å²) in [6.07, 6.45) is 1.79. The van der Waals surface area contributed by atoms with Gasteiger partial charge in [0.25, 0.3) is 0 Å². The molecular weight excluding hydrogens is 326 g/mol. The molecule has 0 saturated heterocycles. The van der Waals surface area contributed by atoms with Crippen LogP contribution in [0.25, 0.3) is 10.9 Å². The average Bonchev–Trinajstić information content (AvgIpc) is 2.53. The van der Waals surface area contributed by atoms with Crippen LogP contribution < -0.4 is 5.32 Å². The Balaban J connectivity index is 1.82. The molecular formula is C17H12BrN3. The second-order valence-corrected chi connectivity index (χ2v) is 5.60. The third-order valence-corrected chi connectivity index (χ3v) is 3.75. The number of nitriles is 1. The van der Waals surface area contributed by atoms with Gasteiger partial charge in [-0.1, -0.05) is 28.1 Å². The van der Waals surface area contributed by atoms with Gasteiger partial charge in [0.15, 0.2) is 0 Å². The highest BCUT2D eigenvalue weighted by atomic mass is 79.9.